The van der Waals surface area contributed by atoms with Crippen LogP contribution in [-0.4, -0.2) is 89.6 Å². The monoisotopic (exact) mass is 895 g/mol. The zero-order valence-electron chi connectivity index (χ0n) is 41.1. The number of esters is 1. The van der Waals surface area contributed by atoms with Gasteiger partial charge in [-0.1, -0.05) is 205 Å². The van der Waals surface area contributed by atoms with Gasteiger partial charge in [-0.3, -0.25) is 4.79 Å². The Morgan fingerprint density at radius 2 is 0.873 bits per heavy atom. The molecule has 1 fully saturated rings. The first-order valence-electron chi connectivity index (χ1n) is 26.9. The molecule has 0 bridgehead atoms. The number of carbonyl (C=O) groups is 1. The van der Waals surface area contributed by atoms with Crippen LogP contribution in [0.3, 0.4) is 0 Å². The van der Waals surface area contributed by atoms with Crippen molar-refractivity contribution in [3.63, 3.8) is 0 Å². The van der Waals surface area contributed by atoms with E-state index in [4.69, 9.17) is 18.9 Å². The summed E-state index contributed by atoms with van der Waals surface area (Å²) in [6, 6.07) is 0. The smallest absolute Gasteiger partial charge is 0.306 e. The van der Waals surface area contributed by atoms with Gasteiger partial charge in [-0.25, -0.2) is 0 Å². The Labute approximate surface area is 387 Å². The highest BCUT2D eigenvalue weighted by molar-refractivity contribution is 5.69. The fraction of sp³-hybridized carbons (Fsp3) is 0.907. The normalized spacial score (nSPS) is 19.7. The molecule has 4 N–H and O–H groups in total. The molecule has 0 amide bonds. The van der Waals surface area contributed by atoms with E-state index in [0.717, 1.165) is 44.9 Å². The lowest BCUT2D eigenvalue weighted by molar-refractivity contribution is -0.305. The summed E-state index contributed by atoms with van der Waals surface area (Å²) in [6.07, 6.45) is 47.9. The standard InChI is InChI=1S/C54H102O9/c1-3-5-7-9-11-13-15-17-19-21-22-23-24-25-26-27-28-30-32-34-36-38-40-42-44-60-46-48(47-61-54-53(59)52(58)51(57)49(45-55)63-54)62-50(56)43-41-39-37-35-33-31-29-20-18-16-14-12-10-8-6-4-2/h20-22,29,48-49,51-55,57-59H,3-19,23-28,30-47H2,1-2H3/b22-21-,29-20-. The largest absolute Gasteiger partial charge is 0.457 e. The van der Waals surface area contributed by atoms with E-state index < -0.39 is 43.4 Å². The van der Waals surface area contributed by atoms with Crippen LogP contribution < -0.4 is 0 Å². The summed E-state index contributed by atoms with van der Waals surface area (Å²) in [5.41, 5.74) is 0. The lowest BCUT2D eigenvalue weighted by atomic mass is 9.99. The van der Waals surface area contributed by atoms with Crippen LogP contribution in [0.5, 0.6) is 0 Å². The fourth-order valence-corrected chi connectivity index (χ4v) is 8.37. The van der Waals surface area contributed by atoms with Crippen molar-refractivity contribution in [2.24, 2.45) is 0 Å². The summed E-state index contributed by atoms with van der Waals surface area (Å²) < 4.78 is 22.9. The number of carbonyl (C=O) groups excluding carboxylic acids is 1. The molecule has 9 heteroatoms. The van der Waals surface area contributed by atoms with E-state index in [1.807, 2.05) is 0 Å². The summed E-state index contributed by atoms with van der Waals surface area (Å²) in [5, 5.41) is 40.3. The van der Waals surface area contributed by atoms with E-state index in [0.29, 0.717) is 13.0 Å². The van der Waals surface area contributed by atoms with Crippen LogP contribution in [0.25, 0.3) is 0 Å². The highest BCUT2D eigenvalue weighted by Gasteiger charge is 2.44. The zero-order chi connectivity index (χ0) is 45.7. The van der Waals surface area contributed by atoms with Crippen molar-refractivity contribution in [2.75, 3.05) is 26.4 Å². The molecule has 6 atom stereocenters. The van der Waals surface area contributed by atoms with Gasteiger partial charge in [0.2, 0.25) is 0 Å². The molecule has 1 heterocycles. The minimum atomic E-state index is -1.54. The van der Waals surface area contributed by atoms with Crippen LogP contribution in [0.15, 0.2) is 24.3 Å². The number of aliphatic hydroxyl groups is 4. The number of rotatable bonds is 47. The van der Waals surface area contributed by atoms with Crippen molar-refractivity contribution in [3.8, 4) is 0 Å². The second-order valence-corrected chi connectivity index (χ2v) is 18.7. The van der Waals surface area contributed by atoms with Gasteiger partial charge in [0.25, 0.3) is 0 Å². The van der Waals surface area contributed by atoms with Crippen LogP contribution in [-0.2, 0) is 23.7 Å². The molecule has 63 heavy (non-hydrogen) atoms. The Hall–Kier alpha value is -1.33. The van der Waals surface area contributed by atoms with Gasteiger partial charge in [-0.15, -0.1) is 0 Å². The molecule has 0 aliphatic carbocycles. The first kappa shape index (κ1) is 59.7. The summed E-state index contributed by atoms with van der Waals surface area (Å²) in [4.78, 5) is 12.8. The fourth-order valence-electron chi connectivity index (χ4n) is 8.37. The number of hydrogen-bond acceptors (Lipinski definition) is 9. The molecule has 0 aromatic rings. The molecular weight excluding hydrogens is 793 g/mol. The number of aliphatic hydroxyl groups excluding tert-OH is 4. The highest BCUT2D eigenvalue weighted by atomic mass is 16.7. The molecule has 1 aliphatic heterocycles. The number of ether oxygens (including phenoxy) is 4. The van der Waals surface area contributed by atoms with Gasteiger partial charge in [-0.05, 0) is 64.2 Å². The van der Waals surface area contributed by atoms with Crippen LogP contribution in [0, 0.1) is 0 Å². The van der Waals surface area contributed by atoms with E-state index >= 15 is 0 Å². The minimum Gasteiger partial charge on any atom is -0.457 e. The van der Waals surface area contributed by atoms with Crippen LogP contribution in [0.2, 0.25) is 0 Å². The quantitative estimate of drug-likeness (QED) is 0.0267. The maximum absolute atomic E-state index is 12.8. The molecule has 9 nitrogen and oxygen atoms in total. The van der Waals surface area contributed by atoms with Crippen molar-refractivity contribution in [1.29, 1.82) is 0 Å². The maximum atomic E-state index is 12.8. The van der Waals surface area contributed by atoms with Gasteiger partial charge in [0.05, 0.1) is 19.8 Å². The number of unbranched alkanes of at least 4 members (excludes halogenated alkanes) is 32. The molecular formula is C54H102O9. The average Bonchev–Trinajstić information content (AvgIpc) is 3.28. The molecule has 0 aromatic heterocycles. The van der Waals surface area contributed by atoms with E-state index in [2.05, 4.69) is 38.2 Å². The van der Waals surface area contributed by atoms with Crippen LogP contribution in [0.1, 0.15) is 251 Å². The second-order valence-electron chi connectivity index (χ2n) is 18.7. The molecule has 0 spiro atoms. The Kier molecular flexibility index (Phi) is 43.4. The minimum absolute atomic E-state index is 0.113. The molecule has 1 rings (SSSR count). The lowest BCUT2D eigenvalue weighted by Gasteiger charge is -2.39. The third-order valence-electron chi connectivity index (χ3n) is 12.6. The summed E-state index contributed by atoms with van der Waals surface area (Å²) in [7, 11) is 0. The maximum Gasteiger partial charge on any atom is 0.306 e. The second kappa shape index (κ2) is 45.8. The molecule has 372 valence electrons. The number of allylic oxidation sites excluding steroid dienone is 4. The van der Waals surface area contributed by atoms with E-state index in [9.17, 15) is 25.2 Å². The molecule has 0 saturated carbocycles. The first-order valence-corrected chi connectivity index (χ1v) is 26.9. The van der Waals surface area contributed by atoms with Gasteiger partial charge in [0.15, 0.2) is 6.29 Å². The van der Waals surface area contributed by atoms with Gasteiger partial charge < -0.3 is 39.4 Å². The molecule has 6 unspecified atom stereocenters. The lowest BCUT2D eigenvalue weighted by Crippen LogP contribution is -2.59. The topological polar surface area (TPSA) is 135 Å². The third-order valence-corrected chi connectivity index (χ3v) is 12.6. The van der Waals surface area contributed by atoms with Gasteiger partial charge in [0.1, 0.15) is 30.5 Å². The van der Waals surface area contributed by atoms with E-state index in [1.165, 1.54) is 186 Å². The van der Waals surface area contributed by atoms with Crippen molar-refractivity contribution < 1.29 is 44.2 Å². The SMILES string of the molecule is CCCCCCCCC/C=C\CCCCCCCC(=O)OC(COCCCCCCCCCCCCCC/C=C\CCCCCCCCCC)COC1OC(CO)C(O)C(O)C1O. The molecule has 1 saturated heterocycles. The highest BCUT2D eigenvalue weighted by Crippen LogP contribution is 2.23. The zero-order valence-corrected chi connectivity index (χ0v) is 41.1. The molecule has 1 aliphatic rings. The summed E-state index contributed by atoms with van der Waals surface area (Å²) >= 11 is 0. The van der Waals surface area contributed by atoms with Crippen molar-refractivity contribution in [3.05, 3.63) is 24.3 Å². The predicted octanol–water partition coefficient (Wildman–Crippen LogP) is 13.3. The Bertz CT molecular complexity index is 1020. The van der Waals surface area contributed by atoms with Crippen molar-refractivity contribution in [1.82, 2.24) is 0 Å². The van der Waals surface area contributed by atoms with Gasteiger partial charge >= 0.3 is 5.97 Å². The first-order chi connectivity index (χ1) is 30.9. The Morgan fingerprint density at radius 3 is 1.29 bits per heavy atom. The summed E-state index contributed by atoms with van der Waals surface area (Å²) in [5.74, 6) is -0.318. The third kappa shape index (κ3) is 36.5. The van der Waals surface area contributed by atoms with Crippen molar-refractivity contribution in [2.45, 2.75) is 288 Å². The number of hydrogen-bond donors (Lipinski definition) is 4. The predicted molar refractivity (Wildman–Crippen MR) is 261 cm³/mol. The van der Waals surface area contributed by atoms with Gasteiger partial charge in [-0.2, -0.15) is 0 Å². The van der Waals surface area contributed by atoms with Gasteiger partial charge in [0, 0.05) is 13.0 Å². The summed E-state index contributed by atoms with van der Waals surface area (Å²) in [6.45, 7) is 4.59. The molecule has 0 aromatic carbocycles. The van der Waals surface area contributed by atoms with Crippen LogP contribution >= 0.6 is 0 Å². The average molecular weight is 895 g/mol. The van der Waals surface area contributed by atoms with Crippen molar-refractivity contribution >= 4 is 5.97 Å². The Balaban J connectivity index is 2.16. The van der Waals surface area contributed by atoms with E-state index in [1.54, 1.807) is 0 Å². The Morgan fingerprint density at radius 1 is 0.492 bits per heavy atom. The molecule has 0 radical (unpaired) electrons. The van der Waals surface area contributed by atoms with Crippen LogP contribution in [0.4, 0.5) is 0 Å². The van der Waals surface area contributed by atoms with E-state index in [-0.39, 0.29) is 19.2 Å².